The molecular formula is HBBrIP. The molecule has 1 radical (unpaired) electrons. The van der Waals surface area contributed by atoms with E-state index < -0.39 is 0 Å². The summed E-state index contributed by atoms with van der Waals surface area (Å²) in [6.45, 7) is 0. The molecule has 1 unspecified atom stereocenters. The van der Waals surface area contributed by atoms with Crippen LogP contribution < -0.4 is 0 Å². The van der Waals surface area contributed by atoms with Crippen molar-refractivity contribution in [1.29, 1.82) is 0 Å². The molecule has 0 amide bonds. The topological polar surface area (TPSA) is 0 Å². The average Bonchev–Trinajstić information content (AvgIpc) is 1.37. The van der Waals surface area contributed by atoms with Gasteiger partial charge in [0.25, 0.3) is 0 Å². The molecule has 4 heavy (non-hydrogen) atoms. The summed E-state index contributed by atoms with van der Waals surface area (Å²) >= 11 is 5.40. The Morgan fingerprint density at radius 3 is 2.25 bits per heavy atom. The van der Waals surface area contributed by atoms with E-state index in [0.717, 1.165) is 7.16 Å². The van der Waals surface area contributed by atoms with E-state index in [9.17, 15) is 0 Å². The maximum Gasteiger partial charge on any atom is 0.242 e. The first-order valence-electron chi connectivity index (χ1n) is 0.696. The highest BCUT2D eigenvalue weighted by Gasteiger charge is 1.66. The van der Waals surface area contributed by atoms with Gasteiger partial charge in [0.1, 0.15) is 0 Å². The summed E-state index contributed by atoms with van der Waals surface area (Å²) in [5, 5.41) is 0. The lowest BCUT2D eigenvalue weighted by Gasteiger charge is -1.60. The zero-order chi connectivity index (χ0) is 3.41. The van der Waals surface area contributed by atoms with Crippen LogP contribution in [0.4, 0.5) is 0 Å². The fourth-order valence-corrected chi connectivity index (χ4v) is 0. The van der Waals surface area contributed by atoms with Gasteiger partial charge in [-0.2, -0.15) is 22.4 Å². The van der Waals surface area contributed by atoms with Crippen molar-refractivity contribution in [2.24, 2.45) is 0 Å². The van der Waals surface area contributed by atoms with Gasteiger partial charge in [-0.1, -0.05) is 22.7 Å². The lowest BCUT2D eigenvalue weighted by Crippen LogP contribution is -1.38. The normalized spacial score (nSPS) is 9.50. The number of rotatable bonds is 1. The van der Waals surface area contributed by atoms with Crippen LogP contribution in [0.3, 0.4) is 0 Å². The van der Waals surface area contributed by atoms with Gasteiger partial charge in [-0.3, -0.25) is 0 Å². The molecular weight excluding hydrogens is 249 g/mol. The summed E-state index contributed by atoms with van der Waals surface area (Å²) < 4.78 is 0. The number of hydrogen-bond acceptors (Lipinski definition) is 0. The number of hydrogen-bond donors (Lipinski definition) is 0. The Bertz CT molecular complexity index is 10.0. The van der Waals surface area contributed by atoms with Gasteiger partial charge in [0.2, 0.25) is 4.86 Å². The minimum Gasteiger partial charge on any atom is -0.150 e. The lowest BCUT2D eigenvalue weighted by atomic mass is 10.8. The van der Waals surface area contributed by atoms with E-state index >= 15 is 0 Å². The summed E-state index contributed by atoms with van der Waals surface area (Å²) in [5.74, 6) is 0. The van der Waals surface area contributed by atoms with Gasteiger partial charge in [-0.25, -0.2) is 0 Å². The van der Waals surface area contributed by atoms with Crippen LogP contribution in [0.15, 0.2) is 0 Å². The maximum atomic E-state index is 3.21. The second-order valence-electron chi connectivity index (χ2n) is 0.218. The monoisotopic (exact) mass is 249 g/mol. The van der Waals surface area contributed by atoms with Crippen LogP contribution in [-0.4, -0.2) is 4.86 Å². The number of halogens is 2. The van der Waals surface area contributed by atoms with E-state index in [2.05, 4.69) is 37.9 Å². The van der Waals surface area contributed by atoms with Crippen LogP contribution in [-0.2, 0) is 0 Å². The van der Waals surface area contributed by atoms with Crippen LogP contribution in [0.5, 0.6) is 0 Å². The van der Waals surface area contributed by atoms with Crippen molar-refractivity contribution in [2.45, 2.75) is 0 Å². The second kappa shape index (κ2) is 4.70. The fourth-order valence-electron chi connectivity index (χ4n) is 0. The minimum absolute atomic E-state index is 0.815. The van der Waals surface area contributed by atoms with Gasteiger partial charge in [0.05, 0.1) is 0 Å². The van der Waals surface area contributed by atoms with E-state index in [1.54, 1.807) is 0 Å². The van der Waals surface area contributed by atoms with Gasteiger partial charge in [0.15, 0.2) is 0 Å². The van der Waals surface area contributed by atoms with Gasteiger partial charge < -0.3 is 0 Å². The molecule has 0 rings (SSSR count). The molecule has 0 heterocycles. The predicted octanol–water partition coefficient (Wildman–Crippen LogP) is 1.94. The smallest absolute Gasteiger partial charge is 0.150 e. The average molecular weight is 250 g/mol. The lowest BCUT2D eigenvalue weighted by molar-refractivity contribution is 5.03. The van der Waals surface area contributed by atoms with Crippen molar-refractivity contribution < 1.29 is 0 Å². The maximum absolute atomic E-state index is 3.21. The first-order chi connectivity index (χ1) is 1.91. The fraction of sp³-hybridized carbons (Fsp3) is 0. The Kier molecular flexibility index (Phi) is 6.71. The molecule has 0 aromatic rings. The Morgan fingerprint density at radius 1 is 2.00 bits per heavy atom. The van der Waals surface area contributed by atoms with E-state index in [1.165, 1.54) is 0 Å². The summed E-state index contributed by atoms with van der Waals surface area (Å²) in [7, 11) is 0.815. The van der Waals surface area contributed by atoms with Crippen molar-refractivity contribution in [3.8, 4) is 0 Å². The third kappa shape index (κ3) is 3.70. The first kappa shape index (κ1) is 5.70. The van der Waals surface area contributed by atoms with Gasteiger partial charge >= 0.3 is 0 Å². The van der Waals surface area contributed by atoms with Crippen molar-refractivity contribution in [1.82, 2.24) is 0 Å². The van der Waals surface area contributed by atoms with E-state index in [-0.39, 0.29) is 0 Å². The molecule has 0 nitrogen and oxygen atoms in total. The zero-order valence-electron chi connectivity index (χ0n) is 1.83. The van der Waals surface area contributed by atoms with Crippen molar-refractivity contribution in [3.63, 3.8) is 0 Å². The molecule has 0 aliphatic carbocycles. The van der Waals surface area contributed by atoms with Crippen LogP contribution in [0, 0.1) is 0 Å². The second-order valence-corrected chi connectivity index (χ2v) is 3.90. The molecule has 0 bridgehead atoms. The highest BCUT2D eigenvalue weighted by Crippen LogP contribution is 2.18. The molecule has 0 aromatic carbocycles. The summed E-state index contributed by atoms with van der Waals surface area (Å²) in [4.78, 5) is 2.04. The minimum atomic E-state index is 0.815. The van der Waals surface area contributed by atoms with Gasteiger partial charge in [-0.15, -0.1) is 0 Å². The Morgan fingerprint density at radius 2 is 2.25 bits per heavy atom. The molecule has 0 aliphatic heterocycles. The molecule has 0 aromatic heterocycles. The highest BCUT2D eigenvalue weighted by molar-refractivity contribution is 14.1. The van der Waals surface area contributed by atoms with Crippen molar-refractivity contribution >= 4 is 49.9 Å². The Balaban J connectivity index is 1.97. The SMILES string of the molecule is BrP[B]I. The highest BCUT2D eigenvalue weighted by atomic mass is 127. The van der Waals surface area contributed by atoms with Crippen LogP contribution >= 0.6 is 45.0 Å². The molecule has 0 aliphatic rings. The standard InChI is InChI=1S/BBrHIP/c2-4-1-3/h4H. The van der Waals surface area contributed by atoms with E-state index in [1.807, 2.05) is 4.86 Å². The van der Waals surface area contributed by atoms with Gasteiger partial charge in [0, 0.05) is 0 Å². The third-order valence-corrected chi connectivity index (χ3v) is 4.31. The van der Waals surface area contributed by atoms with Crippen molar-refractivity contribution in [2.75, 3.05) is 0 Å². The van der Waals surface area contributed by atoms with Gasteiger partial charge in [-0.05, 0) is 0 Å². The Hall–Kier alpha value is 1.70. The molecule has 0 saturated heterocycles. The molecule has 1 atom stereocenters. The van der Waals surface area contributed by atoms with E-state index in [0.29, 0.717) is 0 Å². The third-order valence-electron chi connectivity index (χ3n) is 0.0412. The quantitative estimate of drug-likeness (QED) is 0.379. The molecule has 0 fully saturated rings. The van der Waals surface area contributed by atoms with Crippen LogP contribution in [0.2, 0.25) is 0 Å². The summed E-state index contributed by atoms with van der Waals surface area (Å²) in [5.41, 5.74) is 0. The van der Waals surface area contributed by atoms with Crippen molar-refractivity contribution in [3.05, 3.63) is 0 Å². The largest absolute Gasteiger partial charge is 0.242 e. The van der Waals surface area contributed by atoms with Crippen LogP contribution in [0.1, 0.15) is 0 Å². The molecule has 23 valence electrons. The Labute approximate surface area is 49.7 Å². The molecule has 4 heteroatoms. The van der Waals surface area contributed by atoms with E-state index in [4.69, 9.17) is 0 Å². The molecule has 0 saturated carbocycles. The summed E-state index contributed by atoms with van der Waals surface area (Å²) in [6, 6.07) is 0. The predicted molar refractivity (Wildman–Crippen MR) is 37.0 cm³/mol. The van der Waals surface area contributed by atoms with Crippen LogP contribution in [0.25, 0.3) is 0 Å². The summed E-state index contributed by atoms with van der Waals surface area (Å²) in [6.07, 6.45) is 0. The first-order valence-corrected chi connectivity index (χ1v) is 5.28. The molecule has 0 N–H and O–H groups in total. The molecule has 0 spiro atoms. The zero-order valence-corrected chi connectivity index (χ0v) is 6.58.